The summed E-state index contributed by atoms with van der Waals surface area (Å²) in [6, 6.07) is 12.6. The number of aromatic nitrogens is 1. The molecule has 1 aromatic heterocycles. The summed E-state index contributed by atoms with van der Waals surface area (Å²) in [7, 11) is 0. The Morgan fingerprint density at radius 1 is 1.24 bits per heavy atom. The summed E-state index contributed by atoms with van der Waals surface area (Å²) < 4.78 is 5.96. The standard InChI is InChI=1S/C19H20N2O4/c1-19(2)12-25-16(13-6-4-3-5-7-13)11-21(19)17(22)14-8-9-20-15(10-14)18(23)24/h3-10,16H,11-12H2,1-2H3,(H,23,24). The number of hydrogen-bond acceptors (Lipinski definition) is 4. The van der Waals surface area contributed by atoms with E-state index in [9.17, 15) is 9.59 Å². The zero-order chi connectivity index (χ0) is 18.0. The summed E-state index contributed by atoms with van der Waals surface area (Å²) in [6.07, 6.45) is 1.14. The minimum Gasteiger partial charge on any atom is -0.477 e. The molecule has 0 bridgehead atoms. The highest BCUT2D eigenvalue weighted by molar-refractivity contribution is 5.97. The van der Waals surface area contributed by atoms with E-state index in [2.05, 4.69) is 4.98 Å². The third kappa shape index (κ3) is 3.53. The monoisotopic (exact) mass is 340 g/mol. The Kier molecular flexibility index (Phi) is 4.55. The Morgan fingerprint density at radius 2 is 1.96 bits per heavy atom. The fraction of sp³-hybridized carbons (Fsp3) is 0.316. The molecule has 1 N–H and O–H groups in total. The van der Waals surface area contributed by atoms with Crippen LogP contribution < -0.4 is 0 Å². The topological polar surface area (TPSA) is 79.7 Å². The van der Waals surface area contributed by atoms with Gasteiger partial charge >= 0.3 is 5.97 Å². The SMILES string of the molecule is CC1(C)COC(c2ccccc2)CN1C(=O)c1ccnc(C(=O)O)c1. The van der Waals surface area contributed by atoms with E-state index in [0.29, 0.717) is 18.7 Å². The Hall–Kier alpha value is -2.73. The maximum atomic E-state index is 13.0. The maximum Gasteiger partial charge on any atom is 0.354 e. The maximum absolute atomic E-state index is 13.0. The van der Waals surface area contributed by atoms with Gasteiger partial charge in [0.1, 0.15) is 11.8 Å². The Balaban J connectivity index is 1.88. The highest BCUT2D eigenvalue weighted by Crippen LogP contribution is 2.31. The van der Waals surface area contributed by atoms with Crippen LogP contribution in [0.4, 0.5) is 0 Å². The normalized spacial score (nSPS) is 19.4. The number of carboxylic acid groups (broad SMARTS) is 1. The second-order valence-corrected chi connectivity index (χ2v) is 6.67. The van der Waals surface area contributed by atoms with Gasteiger partial charge < -0.3 is 14.7 Å². The molecule has 1 aromatic carbocycles. The van der Waals surface area contributed by atoms with E-state index in [-0.39, 0.29) is 17.7 Å². The molecule has 1 amide bonds. The number of nitrogens with zero attached hydrogens (tertiary/aromatic N) is 2. The van der Waals surface area contributed by atoms with Gasteiger partial charge in [0.25, 0.3) is 5.91 Å². The molecule has 1 aliphatic heterocycles. The third-order valence-electron chi connectivity index (χ3n) is 4.36. The average Bonchev–Trinajstić information content (AvgIpc) is 2.62. The van der Waals surface area contributed by atoms with Gasteiger partial charge in [-0.15, -0.1) is 0 Å². The summed E-state index contributed by atoms with van der Waals surface area (Å²) in [5, 5.41) is 9.09. The minimum absolute atomic E-state index is 0.142. The molecule has 1 aliphatic rings. The predicted octanol–water partition coefficient (Wildman–Crippen LogP) is 2.77. The number of amides is 1. The fourth-order valence-corrected chi connectivity index (χ4v) is 2.91. The van der Waals surface area contributed by atoms with Crippen LogP contribution in [-0.2, 0) is 4.74 Å². The zero-order valence-electron chi connectivity index (χ0n) is 14.2. The van der Waals surface area contributed by atoms with Crippen LogP contribution in [-0.4, -0.2) is 45.6 Å². The number of benzene rings is 1. The van der Waals surface area contributed by atoms with Crippen molar-refractivity contribution in [2.24, 2.45) is 0 Å². The van der Waals surface area contributed by atoms with Gasteiger partial charge in [-0.3, -0.25) is 4.79 Å². The molecular formula is C19H20N2O4. The molecule has 2 heterocycles. The zero-order valence-corrected chi connectivity index (χ0v) is 14.2. The molecule has 25 heavy (non-hydrogen) atoms. The second-order valence-electron chi connectivity index (χ2n) is 6.67. The van der Waals surface area contributed by atoms with E-state index in [1.54, 1.807) is 4.90 Å². The van der Waals surface area contributed by atoms with E-state index in [1.807, 2.05) is 44.2 Å². The number of ether oxygens (including phenoxy) is 1. The van der Waals surface area contributed by atoms with Crippen LogP contribution in [0.25, 0.3) is 0 Å². The average molecular weight is 340 g/mol. The van der Waals surface area contributed by atoms with Gasteiger partial charge in [-0.1, -0.05) is 30.3 Å². The molecule has 6 heteroatoms. The lowest BCUT2D eigenvalue weighted by molar-refractivity contribution is -0.0846. The smallest absolute Gasteiger partial charge is 0.354 e. The van der Waals surface area contributed by atoms with Crippen LogP contribution >= 0.6 is 0 Å². The van der Waals surface area contributed by atoms with Crippen LogP contribution in [0, 0.1) is 0 Å². The molecule has 0 aliphatic carbocycles. The predicted molar refractivity (Wildman–Crippen MR) is 91.4 cm³/mol. The van der Waals surface area contributed by atoms with Crippen molar-refractivity contribution in [2.75, 3.05) is 13.2 Å². The molecule has 3 rings (SSSR count). The van der Waals surface area contributed by atoms with Gasteiger partial charge in [0.05, 0.1) is 18.7 Å². The summed E-state index contributed by atoms with van der Waals surface area (Å²) in [6.45, 7) is 4.67. The lowest BCUT2D eigenvalue weighted by Crippen LogP contribution is -2.56. The van der Waals surface area contributed by atoms with Crippen molar-refractivity contribution in [1.29, 1.82) is 0 Å². The molecule has 0 spiro atoms. The number of carbonyl (C=O) groups excluding carboxylic acids is 1. The Labute approximate surface area is 146 Å². The molecule has 2 aromatic rings. The molecule has 1 saturated heterocycles. The van der Waals surface area contributed by atoms with Crippen molar-refractivity contribution >= 4 is 11.9 Å². The van der Waals surface area contributed by atoms with Gasteiger partial charge in [-0.2, -0.15) is 0 Å². The second kappa shape index (κ2) is 6.64. The van der Waals surface area contributed by atoms with Crippen LogP contribution in [0.1, 0.15) is 46.4 Å². The van der Waals surface area contributed by atoms with E-state index < -0.39 is 11.5 Å². The van der Waals surface area contributed by atoms with E-state index in [4.69, 9.17) is 9.84 Å². The largest absolute Gasteiger partial charge is 0.477 e. The first-order chi connectivity index (χ1) is 11.9. The molecule has 130 valence electrons. The number of hydrogen-bond donors (Lipinski definition) is 1. The van der Waals surface area contributed by atoms with Crippen molar-refractivity contribution in [3.8, 4) is 0 Å². The minimum atomic E-state index is -1.15. The quantitative estimate of drug-likeness (QED) is 0.929. The number of pyridine rings is 1. The van der Waals surface area contributed by atoms with Crippen LogP contribution in [0.3, 0.4) is 0 Å². The molecule has 0 radical (unpaired) electrons. The molecular weight excluding hydrogens is 320 g/mol. The molecule has 1 unspecified atom stereocenters. The van der Waals surface area contributed by atoms with Crippen molar-refractivity contribution < 1.29 is 19.4 Å². The highest BCUT2D eigenvalue weighted by atomic mass is 16.5. The number of rotatable bonds is 3. The first-order valence-corrected chi connectivity index (χ1v) is 8.06. The van der Waals surface area contributed by atoms with Gasteiger partial charge in [0, 0.05) is 11.8 Å². The van der Waals surface area contributed by atoms with Crippen LogP contribution in [0.2, 0.25) is 0 Å². The summed E-state index contributed by atoms with van der Waals surface area (Å²) in [4.78, 5) is 29.6. The molecule has 1 fully saturated rings. The first kappa shape index (κ1) is 17.1. The fourth-order valence-electron chi connectivity index (χ4n) is 2.91. The van der Waals surface area contributed by atoms with E-state index in [1.165, 1.54) is 18.3 Å². The van der Waals surface area contributed by atoms with Gasteiger partial charge in [0.2, 0.25) is 0 Å². The van der Waals surface area contributed by atoms with Crippen molar-refractivity contribution in [2.45, 2.75) is 25.5 Å². The van der Waals surface area contributed by atoms with Gasteiger partial charge in [-0.25, -0.2) is 9.78 Å². The number of morpholine rings is 1. The van der Waals surface area contributed by atoms with Crippen molar-refractivity contribution in [3.05, 3.63) is 65.5 Å². The van der Waals surface area contributed by atoms with E-state index in [0.717, 1.165) is 5.56 Å². The van der Waals surface area contributed by atoms with Gasteiger partial charge in [0.15, 0.2) is 0 Å². The summed E-state index contributed by atoms with van der Waals surface area (Å²) in [5.41, 5.74) is 0.692. The lowest BCUT2D eigenvalue weighted by Gasteiger charge is -2.45. The summed E-state index contributed by atoms with van der Waals surface area (Å²) in [5.74, 6) is -1.38. The van der Waals surface area contributed by atoms with Crippen LogP contribution in [0.15, 0.2) is 48.7 Å². The van der Waals surface area contributed by atoms with Crippen LogP contribution in [0.5, 0.6) is 0 Å². The van der Waals surface area contributed by atoms with Gasteiger partial charge in [-0.05, 0) is 31.5 Å². The Morgan fingerprint density at radius 3 is 2.64 bits per heavy atom. The number of carboxylic acids is 1. The third-order valence-corrected chi connectivity index (χ3v) is 4.36. The lowest BCUT2D eigenvalue weighted by atomic mass is 9.97. The highest BCUT2D eigenvalue weighted by Gasteiger charge is 2.39. The summed E-state index contributed by atoms with van der Waals surface area (Å²) >= 11 is 0. The van der Waals surface area contributed by atoms with E-state index >= 15 is 0 Å². The number of carbonyl (C=O) groups is 2. The number of aromatic carboxylic acids is 1. The molecule has 1 atom stereocenters. The molecule has 6 nitrogen and oxygen atoms in total. The first-order valence-electron chi connectivity index (χ1n) is 8.06. The van der Waals surface area contributed by atoms with Crippen molar-refractivity contribution in [3.63, 3.8) is 0 Å². The molecule has 0 saturated carbocycles. The van der Waals surface area contributed by atoms with Crippen molar-refractivity contribution in [1.82, 2.24) is 9.88 Å². The Bertz CT molecular complexity index is 789.